The molecule has 23 heavy (non-hydrogen) atoms. The van der Waals surface area contributed by atoms with Crippen molar-refractivity contribution in [3.63, 3.8) is 0 Å². The maximum Gasteiger partial charge on any atom is -0.0182 e. The average Bonchev–Trinajstić information content (AvgIpc) is 2.55. The normalized spacial score (nSPS) is 13.3. The van der Waals surface area contributed by atoms with Gasteiger partial charge in [-0.1, -0.05) is 81.4 Å². The van der Waals surface area contributed by atoms with Crippen molar-refractivity contribution < 1.29 is 0 Å². The molecule has 0 aliphatic carbocycles. The molecule has 1 atom stereocenters. The van der Waals surface area contributed by atoms with Crippen LogP contribution in [0.1, 0.15) is 33.6 Å². The van der Waals surface area contributed by atoms with Gasteiger partial charge in [0.2, 0.25) is 0 Å². The molecule has 0 bridgehead atoms. The minimum absolute atomic E-state index is 0.146. The molecular weight excluding hydrogens is 314 g/mol. The molecule has 0 fully saturated rings. The Balaban J connectivity index is 1.97. The molecule has 0 amide bonds. The van der Waals surface area contributed by atoms with Gasteiger partial charge in [0.25, 0.3) is 0 Å². The standard InChI is InChI=1S/C21H30P2/c1-21(2,3)22(4)17-11-12-18-23(19-13-7-5-8-14-19)20-15-9-6-10-16-20/h5-10,13-16H,11-12,17-18H2,1-4H3. The Bertz CT molecular complexity index is 518. The van der Waals surface area contributed by atoms with E-state index in [1.807, 2.05) is 0 Å². The summed E-state index contributed by atoms with van der Waals surface area (Å²) in [6.45, 7) is 9.63. The summed E-state index contributed by atoms with van der Waals surface area (Å²) in [6, 6.07) is 22.2. The first-order chi connectivity index (χ1) is 11.0. The first kappa shape index (κ1) is 18.6. The molecule has 0 aliphatic rings. The van der Waals surface area contributed by atoms with Gasteiger partial charge in [0, 0.05) is 0 Å². The first-order valence-electron chi connectivity index (χ1n) is 8.57. The molecule has 124 valence electrons. The number of benzene rings is 2. The fraction of sp³-hybridized carbons (Fsp3) is 0.429. The summed E-state index contributed by atoms with van der Waals surface area (Å²) in [4.78, 5) is 0. The minimum Gasteiger partial charge on any atom is -0.104 e. The van der Waals surface area contributed by atoms with E-state index in [1.54, 1.807) is 0 Å². The summed E-state index contributed by atoms with van der Waals surface area (Å²) in [5.74, 6) is 0. The van der Waals surface area contributed by atoms with Crippen LogP contribution in [-0.2, 0) is 0 Å². The molecule has 0 heterocycles. The van der Waals surface area contributed by atoms with Gasteiger partial charge >= 0.3 is 0 Å². The van der Waals surface area contributed by atoms with E-state index in [9.17, 15) is 0 Å². The molecule has 0 saturated carbocycles. The van der Waals surface area contributed by atoms with E-state index < -0.39 is 0 Å². The third-order valence-electron chi connectivity index (χ3n) is 4.41. The van der Waals surface area contributed by atoms with Crippen molar-refractivity contribution in [2.24, 2.45) is 0 Å². The second-order valence-corrected chi connectivity index (χ2v) is 12.6. The van der Waals surface area contributed by atoms with Crippen LogP contribution in [-0.4, -0.2) is 24.1 Å². The van der Waals surface area contributed by atoms with E-state index >= 15 is 0 Å². The Kier molecular flexibility index (Phi) is 7.26. The lowest BCUT2D eigenvalue weighted by atomic mass is 10.3. The highest BCUT2D eigenvalue weighted by Crippen LogP contribution is 2.46. The summed E-state index contributed by atoms with van der Waals surface area (Å²) < 4.78 is 0. The lowest BCUT2D eigenvalue weighted by Crippen LogP contribution is -2.15. The highest BCUT2D eigenvalue weighted by atomic mass is 31.1. The molecule has 0 radical (unpaired) electrons. The van der Waals surface area contributed by atoms with Crippen LogP contribution in [0.4, 0.5) is 0 Å². The van der Waals surface area contributed by atoms with Crippen molar-refractivity contribution >= 4 is 26.5 Å². The van der Waals surface area contributed by atoms with Gasteiger partial charge in [0.15, 0.2) is 0 Å². The molecule has 1 unspecified atom stereocenters. The molecule has 0 aliphatic heterocycles. The van der Waals surface area contributed by atoms with E-state index in [1.165, 1.54) is 35.8 Å². The van der Waals surface area contributed by atoms with E-state index in [0.717, 1.165) is 0 Å². The lowest BCUT2D eigenvalue weighted by molar-refractivity contribution is 0.774. The number of unbranched alkanes of at least 4 members (excludes halogenated alkanes) is 1. The SMILES string of the molecule is CP(CCCCP(c1ccccc1)c1ccccc1)C(C)(C)C. The molecule has 0 nitrogen and oxygen atoms in total. The molecule has 0 aromatic heterocycles. The first-order valence-corrected chi connectivity index (χ1v) is 12.1. The highest BCUT2D eigenvalue weighted by molar-refractivity contribution is 7.73. The quantitative estimate of drug-likeness (QED) is 0.439. The zero-order chi connectivity index (χ0) is 16.7. The summed E-state index contributed by atoms with van der Waals surface area (Å²) >= 11 is 0. The molecule has 2 rings (SSSR count). The largest absolute Gasteiger partial charge is 0.104 e. The third-order valence-corrected chi connectivity index (χ3v) is 10.3. The molecule has 0 spiro atoms. The van der Waals surface area contributed by atoms with Gasteiger partial charge in [-0.15, -0.1) is 7.92 Å². The molecule has 2 aromatic carbocycles. The van der Waals surface area contributed by atoms with Gasteiger partial charge in [0.1, 0.15) is 0 Å². The second kappa shape index (κ2) is 8.96. The van der Waals surface area contributed by atoms with Gasteiger partial charge in [-0.2, -0.15) is 0 Å². The maximum absolute atomic E-state index is 2.46. The van der Waals surface area contributed by atoms with E-state index in [4.69, 9.17) is 0 Å². The summed E-state index contributed by atoms with van der Waals surface area (Å²) in [7, 11) is -0.0564. The van der Waals surface area contributed by atoms with Crippen LogP contribution < -0.4 is 10.6 Å². The molecule has 2 aromatic rings. The highest BCUT2D eigenvalue weighted by Gasteiger charge is 2.19. The predicted molar refractivity (Wildman–Crippen MR) is 111 cm³/mol. The fourth-order valence-electron chi connectivity index (χ4n) is 2.58. The molecule has 2 heteroatoms. The molecular formula is C21H30P2. The van der Waals surface area contributed by atoms with E-state index in [0.29, 0.717) is 5.16 Å². The van der Waals surface area contributed by atoms with Crippen LogP contribution in [0.25, 0.3) is 0 Å². The van der Waals surface area contributed by atoms with Crippen molar-refractivity contribution in [2.75, 3.05) is 19.0 Å². The van der Waals surface area contributed by atoms with Gasteiger partial charge < -0.3 is 0 Å². The van der Waals surface area contributed by atoms with Crippen molar-refractivity contribution in [3.05, 3.63) is 60.7 Å². The van der Waals surface area contributed by atoms with Crippen molar-refractivity contribution in [3.8, 4) is 0 Å². The zero-order valence-corrected chi connectivity index (χ0v) is 16.8. The van der Waals surface area contributed by atoms with Crippen molar-refractivity contribution in [2.45, 2.75) is 38.8 Å². The van der Waals surface area contributed by atoms with Crippen LogP contribution in [0.2, 0.25) is 0 Å². The van der Waals surface area contributed by atoms with Crippen LogP contribution >= 0.6 is 15.8 Å². The lowest BCUT2D eigenvalue weighted by Gasteiger charge is -2.28. The van der Waals surface area contributed by atoms with E-state index in [-0.39, 0.29) is 15.8 Å². The van der Waals surface area contributed by atoms with Crippen molar-refractivity contribution in [1.29, 1.82) is 0 Å². The van der Waals surface area contributed by atoms with Gasteiger partial charge in [0.05, 0.1) is 0 Å². The smallest absolute Gasteiger partial charge is 0.0182 e. The van der Waals surface area contributed by atoms with Gasteiger partial charge in [-0.3, -0.25) is 0 Å². The topological polar surface area (TPSA) is 0 Å². The molecule has 0 N–H and O–H groups in total. The predicted octanol–water partition coefficient (Wildman–Crippen LogP) is 5.81. The Morgan fingerprint density at radius 3 is 1.57 bits per heavy atom. The van der Waals surface area contributed by atoms with Crippen LogP contribution in [0.3, 0.4) is 0 Å². The van der Waals surface area contributed by atoms with Crippen LogP contribution in [0, 0.1) is 0 Å². The molecule has 0 saturated heterocycles. The number of hydrogen-bond donors (Lipinski definition) is 0. The summed E-state index contributed by atoms with van der Waals surface area (Å²) in [5, 5.41) is 3.53. The Hall–Kier alpha value is -0.700. The van der Waals surface area contributed by atoms with Gasteiger partial charge in [-0.25, -0.2) is 0 Å². The average molecular weight is 344 g/mol. The number of rotatable bonds is 7. The fourth-order valence-corrected chi connectivity index (χ4v) is 6.36. The van der Waals surface area contributed by atoms with Crippen molar-refractivity contribution in [1.82, 2.24) is 0 Å². The van der Waals surface area contributed by atoms with Crippen LogP contribution in [0.5, 0.6) is 0 Å². The van der Waals surface area contributed by atoms with Gasteiger partial charge in [-0.05, 0) is 55.5 Å². The third kappa shape index (κ3) is 6.02. The minimum atomic E-state index is -0.203. The Morgan fingerprint density at radius 2 is 1.13 bits per heavy atom. The zero-order valence-electron chi connectivity index (χ0n) is 15.0. The van der Waals surface area contributed by atoms with Crippen LogP contribution in [0.15, 0.2) is 60.7 Å². The monoisotopic (exact) mass is 344 g/mol. The second-order valence-electron chi connectivity index (χ2n) is 7.12. The Labute approximate surface area is 145 Å². The number of hydrogen-bond acceptors (Lipinski definition) is 0. The Morgan fingerprint density at radius 1 is 0.696 bits per heavy atom. The maximum atomic E-state index is 2.46. The summed E-state index contributed by atoms with van der Waals surface area (Å²) in [6.07, 6.45) is 5.44. The summed E-state index contributed by atoms with van der Waals surface area (Å²) in [5.41, 5.74) is 0. The van der Waals surface area contributed by atoms with E-state index in [2.05, 4.69) is 88.1 Å².